The third-order valence-electron chi connectivity index (χ3n) is 2.49. The molecule has 0 unspecified atom stereocenters. The first kappa shape index (κ1) is 15.6. The fourth-order valence-electron chi connectivity index (χ4n) is 1.45. The topological polar surface area (TPSA) is 126 Å². The molecular weight excluding hydrogens is 266 g/mol. The number of urea groups is 1. The molecule has 3 amide bonds. The van der Waals surface area contributed by atoms with Crippen LogP contribution < -0.4 is 10.6 Å². The highest BCUT2D eigenvalue weighted by Gasteiger charge is 2.08. The number of carboxylic acid groups (broad SMARTS) is 1. The lowest BCUT2D eigenvalue weighted by Crippen LogP contribution is -2.40. The summed E-state index contributed by atoms with van der Waals surface area (Å²) in [5.41, 5.74) is 0. The molecule has 0 aliphatic rings. The van der Waals surface area contributed by atoms with Gasteiger partial charge in [-0.25, -0.2) is 4.79 Å². The van der Waals surface area contributed by atoms with E-state index in [1.807, 2.05) is 0 Å². The highest BCUT2D eigenvalue weighted by atomic mass is 16.4. The van der Waals surface area contributed by atoms with E-state index in [-0.39, 0.29) is 19.3 Å². The van der Waals surface area contributed by atoms with Gasteiger partial charge in [-0.2, -0.15) is 0 Å². The summed E-state index contributed by atoms with van der Waals surface area (Å²) < 4.78 is 1.73. The molecular formula is C11H17N5O4. The van der Waals surface area contributed by atoms with Gasteiger partial charge in [0.1, 0.15) is 12.2 Å². The Morgan fingerprint density at radius 2 is 2.10 bits per heavy atom. The fourth-order valence-corrected chi connectivity index (χ4v) is 1.45. The van der Waals surface area contributed by atoms with Gasteiger partial charge in [-0.15, -0.1) is 10.2 Å². The normalized spacial score (nSPS) is 10.1. The first-order valence-electron chi connectivity index (χ1n) is 6.11. The summed E-state index contributed by atoms with van der Waals surface area (Å²) in [7, 11) is 1.79. The predicted octanol–water partition coefficient (Wildman–Crippen LogP) is -0.562. The van der Waals surface area contributed by atoms with Crippen LogP contribution in [0, 0.1) is 0 Å². The third kappa shape index (κ3) is 5.94. The second-order valence-corrected chi connectivity index (χ2v) is 4.16. The fraction of sp³-hybridized carbons (Fsp3) is 0.545. The molecule has 9 heteroatoms. The lowest BCUT2D eigenvalue weighted by Gasteiger charge is -2.06. The molecule has 0 saturated carbocycles. The van der Waals surface area contributed by atoms with Gasteiger partial charge in [-0.3, -0.25) is 14.9 Å². The third-order valence-corrected chi connectivity index (χ3v) is 2.49. The Labute approximate surface area is 115 Å². The molecule has 0 aliphatic carbocycles. The molecule has 0 aromatic carbocycles. The minimum absolute atomic E-state index is 0.00298. The van der Waals surface area contributed by atoms with Gasteiger partial charge in [0, 0.05) is 32.9 Å². The van der Waals surface area contributed by atoms with Crippen LogP contribution in [-0.2, 0) is 23.1 Å². The smallest absolute Gasteiger partial charge is 0.321 e. The number of hydrogen-bond donors (Lipinski definition) is 3. The first-order valence-corrected chi connectivity index (χ1v) is 6.11. The van der Waals surface area contributed by atoms with Crippen molar-refractivity contribution < 1.29 is 19.5 Å². The van der Waals surface area contributed by atoms with Gasteiger partial charge in [0.05, 0.1) is 0 Å². The van der Waals surface area contributed by atoms with Crippen molar-refractivity contribution in [3.63, 3.8) is 0 Å². The number of imide groups is 1. The van der Waals surface area contributed by atoms with E-state index in [0.717, 1.165) is 5.82 Å². The lowest BCUT2D eigenvalue weighted by molar-refractivity contribution is -0.137. The maximum absolute atomic E-state index is 11.4. The highest BCUT2D eigenvalue weighted by Crippen LogP contribution is 1.95. The van der Waals surface area contributed by atoms with Crippen molar-refractivity contribution in [3.8, 4) is 0 Å². The number of aliphatic carboxylic acids is 1. The number of aryl methyl sites for hydroxylation is 1. The van der Waals surface area contributed by atoms with Gasteiger partial charge >= 0.3 is 12.0 Å². The number of amides is 3. The van der Waals surface area contributed by atoms with Gasteiger partial charge in [0.15, 0.2) is 0 Å². The van der Waals surface area contributed by atoms with E-state index in [2.05, 4.69) is 20.8 Å². The summed E-state index contributed by atoms with van der Waals surface area (Å²) in [4.78, 5) is 32.9. The van der Waals surface area contributed by atoms with Crippen LogP contribution in [0.3, 0.4) is 0 Å². The Morgan fingerprint density at radius 1 is 1.35 bits per heavy atom. The maximum atomic E-state index is 11.4. The minimum Gasteiger partial charge on any atom is -0.481 e. The standard InChI is InChI=1S/C11H17N5O4/c1-16-7-13-15-8(16)5-6-12-11(20)14-9(17)3-2-4-10(18)19/h7H,2-6H2,1H3,(H,18,19)(H2,12,14,17,20). The van der Waals surface area contributed by atoms with Crippen molar-refractivity contribution in [1.29, 1.82) is 0 Å². The second-order valence-electron chi connectivity index (χ2n) is 4.16. The largest absolute Gasteiger partial charge is 0.481 e. The van der Waals surface area contributed by atoms with Crippen molar-refractivity contribution >= 4 is 17.9 Å². The number of nitrogens with zero attached hydrogens (tertiary/aromatic N) is 3. The molecule has 0 saturated heterocycles. The van der Waals surface area contributed by atoms with Crippen LogP contribution in [0.15, 0.2) is 6.33 Å². The van der Waals surface area contributed by atoms with Gasteiger partial charge in [0.2, 0.25) is 5.91 Å². The van der Waals surface area contributed by atoms with Crippen LogP contribution in [0.1, 0.15) is 25.1 Å². The van der Waals surface area contributed by atoms with Gasteiger partial charge in [0.25, 0.3) is 0 Å². The number of nitrogens with one attached hydrogen (secondary N) is 2. The van der Waals surface area contributed by atoms with Crippen LogP contribution in [0.2, 0.25) is 0 Å². The number of aromatic nitrogens is 3. The van der Waals surface area contributed by atoms with Gasteiger partial charge in [-0.1, -0.05) is 0 Å². The van der Waals surface area contributed by atoms with Crippen LogP contribution in [0.5, 0.6) is 0 Å². The maximum Gasteiger partial charge on any atom is 0.321 e. The number of carbonyl (C=O) groups excluding carboxylic acids is 2. The van der Waals surface area contributed by atoms with E-state index in [1.54, 1.807) is 17.9 Å². The Morgan fingerprint density at radius 3 is 2.70 bits per heavy atom. The molecule has 1 aromatic heterocycles. The molecule has 0 atom stereocenters. The average Bonchev–Trinajstić information content (AvgIpc) is 2.74. The van der Waals surface area contributed by atoms with E-state index in [4.69, 9.17) is 5.11 Å². The Bertz CT molecular complexity index is 485. The summed E-state index contributed by atoms with van der Waals surface area (Å²) in [5.74, 6) is -0.744. The SMILES string of the molecule is Cn1cnnc1CCNC(=O)NC(=O)CCCC(=O)O. The molecule has 1 aromatic rings. The lowest BCUT2D eigenvalue weighted by atomic mass is 10.2. The molecule has 0 fully saturated rings. The number of rotatable bonds is 7. The van der Waals surface area contributed by atoms with Crippen LogP contribution >= 0.6 is 0 Å². The molecule has 3 N–H and O–H groups in total. The minimum atomic E-state index is -0.967. The summed E-state index contributed by atoms with van der Waals surface area (Å²) in [6.07, 6.45) is 2.16. The van der Waals surface area contributed by atoms with E-state index < -0.39 is 17.9 Å². The molecule has 110 valence electrons. The number of hydrogen-bond acceptors (Lipinski definition) is 5. The molecule has 1 heterocycles. The predicted molar refractivity (Wildman–Crippen MR) is 67.7 cm³/mol. The second kappa shape index (κ2) is 7.87. The van der Waals surface area contributed by atoms with Crippen LogP contribution in [0.4, 0.5) is 4.79 Å². The quantitative estimate of drug-likeness (QED) is 0.615. The zero-order chi connectivity index (χ0) is 15.0. The molecule has 0 radical (unpaired) electrons. The van der Waals surface area contributed by atoms with Crippen molar-refractivity contribution in [3.05, 3.63) is 12.2 Å². The van der Waals surface area contributed by atoms with Crippen molar-refractivity contribution in [2.75, 3.05) is 6.54 Å². The summed E-state index contributed by atoms with van der Waals surface area (Å²) in [6, 6.07) is -0.604. The zero-order valence-electron chi connectivity index (χ0n) is 11.1. The number of carboxylic acids is 1. The van der Waals surface area contributed by atoms with Gasteiger partial charge in [-0.05, 0) is 6.42 Å². The number of carbonyl (C=O) groups is 3. The Balaban J connectivity index is 2.15. The highest BCUT2D eigenvalue weighted by molar-refractivity contribution is 5.94. The summed E-state index contributed by atoms with van der Waals surface area (Å²) in [6.45, 7) is 0.320. The van der Waals surface area contributed by atoms with Crippen LogP contribution in [0.25, 0.3) is 0 Å². The Kier molecular flexibility index (Phi) is 6.14. The Hall–Kier alpha value is -2.45. The van der Waals surface area contributed by atoms with E-state index in [9.17, 15) is 14.4 Å². The molecule has 9 nitrogen and oxygen atoms in total. The van der Waals surface area contributed by atoms with Crippen molar-refractivity contribution in [1.82, 2.24) is 25.4 Å². The van der Waals surface area contributed by atoms with Crippen molar-refractivity contribution in [2.24, 2.45) is 7.05 Å². The van der Waals surface area contributed by atoms with E-state index >= 15 is 0 Å². The summed E-state index contributed by atoms with van der Waals surface area (Å²) >= 11 is 0. The van der Waals surface area contributed by atoms with Crippen LogP contribution in [-0.4, -0.2) is 44.3 Å². The first-order chi connectivity index (χ1) is 9.49. The van der Waals surface area contributed by atoms with Gasteiger partial charge < -0.3 is 15.0 Å². The van der Waals surface area contributed by atoms with Crippen molar-refractivity contribution in [2.45, 2.75) is 25.7 Å². The molecule has 20 heavy (non-hydrogen) atoms. The summed E-state index contributed by atoms with van der Waals surface area (Å²) in [5, 5.41) is 20.6. The monoisotopic (exact) mass is 283 g/mol. The van der Waals surface area contributed by atoms with E-state index in [0.29, 0.717) is 13.0 Å². The van der Waals surface area contributed by atoms with E-state index in [1.165, 1.54) is 0 Å². The average molecular weight is 283 g/mol. The molecule has 0 bridgehead atoms. The molecule has 0 aliphatic heterocycles. The molecule has 0 spiro atoms. The zero-order valence-corrected chi connectivity index (χ0v) is 11.1. The molecule has 1 rings (SSSR count).